The monoisotopic (exact) mass is 422 g/mol. The molecular weight excluding hydrogens is 399 g/mol. The molecule has 0 heterocycles. The van der Waals surface area contributed by atoms with Gasteiger partial charge in [-0.15, -0.1) is 0 Å². The van der Waals surface area contributed by atoms with Gasteiger partial charge in [0, 0.05) is 18.4 Å². The van der Waals surface area contributed by atoms with Crippen molar-refractivity contribution in [2.75, 3.05) is 18.6 Å². The average Bonchev–Trinajstić information content (AvgIpc) is 2.53. The predicted octanol–water partition coefficient (Wildman–Crippen LogP) is 2.19. The summed E-state index contributed by atoms with van der Waals surface area (Å²) in [6.45, 7) is 4.84. The van der Waals surface area contributed by atoms with E-state index in [-0.39, 0.29) is 29.9 Å². The lowest BCUT2D eigenvalue weighted by atomic mass is 10.3. The van der Waals surface area contributed by atoms with E-state index in [2.05, 4.69) is 5.09 Å². The van der Waals surface area contributed by atoms with Gasteiger partial charge in [0.15, 0.2) is 0 Å². The summed E-state index contributed by atoms with van der Waals surface area (Å²) in [5.74, 6) is -0.471. The minimum Gasteiger partial charge on any atom is -0.462 e. The van der Waals surface area contributed by atoms with E-state index in [1.165, 1.54) is 24.3 Å². The Bertz CT molecular complexity index is 739. The topological polar surface area (TPSA) is 134 Å². The number of nitro groups is 1. The Morgan fingerprint density at radius 2 is 1.85 bits per heavy atom. The molecule has 27 heavy (non-hydrogen) atoms. The zero-order valence-electron chi connectivity index (χ0n) is 15.4. The van der Waals surface area contributed by atoms with Crippen LogP contribution in [-0.2, 0) is 23.9 Å². The van der Waals surface area contributed by atoms with Crippen molar-refractivity contribution in [1.82, 2.24) is 5.09 Å². The number of non-ortho nitro benzene ring substituents is 1. The number of nitrogens with one attached hydrogen (secondary N) is 1. The molecule has 0 bridgehead atoms. The van der Waals surface area contributed by atoms with Crippen LogP contribution in [-0.4, -0.2) is 50.1 Å². The second-order valence-corrected chi connectivity index (χ2v) is 9.37. The SMILES string of the molecule is CC(C)OC(=O)C(C)NP(OCCS(C)(=O)=O)Oc1ccc([N+](=O)[O-])cc1. The van der Waals surface area contributed by atoms with E-state index in [9.17, 15) is 23.3 Å². The summed E-state index contributed by atoms with van der Waals surface area (Å²) in [5.41, 5.74) is -0.105. The Labute approximate surface area is 159 Å². The van der Waals surface area contributed by atoms with Gasteiger partial charge in [0.2, 0.25) is 0 Å². The summed E-state index contributed by atoms with van der Waals surface area (Å²) < 4.78 is 38.6. The number of ether oxygens (including phenoxy) is 1. The Balaban J connectivity index is 2.79. The first-order chi connectivity index (χ1) is 12.5. The van der Waals surface area contributed by atoms with Gasteiger partial charge in [0.1, 0.15) is 21.6 Å². The van der Waals surface area contributed by atoms with Crippen molar-refractivity contribution in [3.05, 3.63) is 34.4 Å². The molecule has 0 aliphatic carbocycles. The fourth-order valence-corrected chi connectivity index (χ4v) is 3.31. The van der Waals surface area contributed by atoms with Crippen LogP contribution in [0.15, 0.2) is 24.3 Å². The summed E-state index contributed by atoms with van der Waals surface area (Å²) in [7, 11) is -5.13. The van der Waals surface area contributed by atoms with Gasteiger partial charge in [-0.2, -0.15) is 0 Å². The summed E-state index contributed by atoms with van der Waals surface area (Å²) in [5, 5.41) is 13.5. The number of hydrogen-bond donors (Lipinski definition) is 1. The molecule has 2 atom stereocenters. The second-order valence-electron chi connectivity index (χ2n) is 5.90. The van der Waals surface area contributed by atoms with Crippen LogP contribution in [0, 0.1) is 10.1 Å². The highest BCUT2D eigenvalue weighted by Crippen LogP contribution is 2.36. The molecule has 0 aliphatic heterocycles. The molecule has 12 heteroatoms. The molecule has 1 rings (SSSR count). The number of rotatable bonds is 11. The maximum absolute atomic E-state index is 11.9. The number of hydrogen-bond acceptors (Lipinski definition) is 9. The largest absolute Gasteiger partial charge is 0.462 e. The standard InChI is InChI=1S/C15H23N2O8PS/c1-11(2)24-15(18)12(3)16-26(23-9-10-27(4,21)22)25-14-7-5-13(6-8-14)17(19)20/h5-8,11-12,16H,9-10H2,1-4H3. The number of carbonyl (C=O) groups excluding carboxylic acids is 1. The van der Waals surface area contributed by atoms with Crippen LogP contribution < -0.4 is 9.61 Å². The third-order valence-electron chi connectivity index (χ3n) is 2.90. The zero-order chi connectivity index (χ0) is 20.6. The number of nitrogens with zero attached hydrogens (tertiary/aromatic N) is 1. The number of carbonyl (C=O) groups is 1. The summed E-state index contributed by atoms with van der Waals surface area (Å²) in [4.78, 5) is 22.1. The summed E-state index contributed by atoms with van der Waals surface area (Å²) in [6, 6.07) is 4.51. The molecule has 10 nitrogen and oxygen atoms in total. The van der Waals surface area contributed by atoms with Gasteiger partial charge >= 0.3 is 14.5 Å². The third-order valence-corrected chi connectivity index (χ3v) is 5.20. The maximum atomic E-state index is 11.9. The molecule has 0 aromatic heterocycles. The Morgan fingerprint density at radius 1 is 1.26 bits per heavy atom. The lowest BCUT2D eigenvalue weighted by Gasteiger charge is -2.22. The molecule has 0 saturated carbocycles. The maximum Gasteiger partial charge on any atom is 0.323 e. The van der Waals surface area contributed by atoms with Crippen molar-refractivity contribution in [3.8, 4) is 5.75 Å². The molecule has 2 unspecified atom stereocenters. The lowest BCUT2D eigenvalue weighted by Crippen LogP contribution is -2.35. The molecule has 0 saturated heterocycles. The normalized spacial score (nSPS) is 13.8. The smallest absolute Gasteiger partial charge is 0.323 e. The van der Waals surface area contributed by atoms with E-state index >= 15 is 0 Å². The lowest BCUT2D eigenvalue weighted by molar-refractivity contribution is -0.384. The van der Waals surface area contributed by atoms with Gasteiger partial charge in [-0.25, -0.2) is 13.5 Å². The van der Waals surface area contributed by atoms with E-state index < -0.39 is 35.3 Å². The molecular formula is C15H23N2O8PS. The van der Waals surface area contributed by atoms with Gasteiger partial charge in [0.05, 0.1) is 23.4 Å². The Hall–Kier alpha value is -1.81. The molecule has 1 aromatic rings. The van der Waals surface area contributed by atoms with Crippen LogP contribution in [0.3, 0.4) is 0 Å². The van der Waals surface area contributed by atoms with Crippen LogP contribution in [0.5, 0.6) is 5.75 Å². The van der Waals surface area contributed by atoms with Crippen LogP contribution in [0.1, 0.15) is 20.8 Å². The average molecular weight is 422 g/mol. The fraction of sp³-hybridized carbons (Fsp3) is 0.533. The Kier molecular flexibility index (Phi) is 9.04. The molecule has 1 N–H and O–H groups in total. The quantitative estimate of drug-likeness (QED) is 0.246. The van der Waals surface area contributed by atoms with Crippen molar-refractivity contribution in [1.29, 1.82) is 0 Å². The van der Waals surface area contributed by atoms with E-state index in [4.69, 9.17) is 13.8 Å². The molecule has 0 spiro atoms. The molecule has 1 aromatic carbocycles. The number of sulfone groups is 1. The number of esters is 1. The first-order valence-electron chi connectivity index (χ1n) is 7.98. The highest BCUT2D eigenvalue weighted by atomic mass is 32.2. The van der Waals surface area contributed by atoms with Crippen LogP contribution in [0.4, 0.5) is 5.69 Å². The summed E-state index contributed by atoms with van der Waals surface area (Å²) in [6.07, 6.45) is 0.779. The third kappa shape index (κ3) is 9.62. The first-order valence-corrected chi connectivity index (χ1v) is 11.2. The van der Waals surface area contributed by atoms with Crippen molar-refractivity contribution >= 4 is 30.0 Å². The molecule has 0 amide bonds. The van der Waals surface area contributed by atoms with Gasteiger partial charge in [-0.3, -0.25) is 14.9 Å². The van der Waals surface area contributed by atoms with E-state index in [1.807, 2.05) is 0 Å². The fourth-order valence-electron chi connectivity index (χ4n) is 1.63. The van der Waals surface area contributed by atoms with Crippen molar-refractivity contribution < 1.29 is 31.9 Å². The van der Waals surface area contributed by atoms with E-state index in [0.717, 1.165) is 6.26 Å². The van der Waals surface area contributed by atoms with Gasteiger partial charge in [-0.05, 0) is 32.9 Å². The highest BCUT2D eigenvalue weighted by Gasteiger charge is 2.24. The molecule has 0 radical (unpaired) electrons. The minimum atomic E-state index is -3.23. The molecule has 0 aliphatic rings. The number of nitro benzene ring substituents is 1. The minimum absolute atomic E-state index is 0.105. The number of benzene rings is 1. The predicted molar refractivity (Wildman–Crippen MR) is 100 cm³/mol. The van der Waals surface area contributed by atoms with Crippen LogP contribution in [0.25, 0.3) is 0 Å². The van der Waals surface area contributed by atoms with Crippen LogP contribution in [0.2, 0.25) is 0 Å². The van der Waals surface area contributed by atoms with Crippen molar-refractivity contribution in [3.63, 3.8) is 0 Å². The Morgan fingerprint density at radius 3 is 2.33 bits per heavy atom. The van der Waals surface area contributed by atoms with Crippen molar-refractivity contribution in [2.45, 2.75) is 32.9 Å². The van der Waals surface area contributed by atoms with Crippen molar-refractivity contribution in [2.24, 2.45) is 0 Å². The van der Waals surface area contributed by atoms with Gasteiger partial charge in [-0.1, -0.05) is 0 Å². The first kappa shape index (κ1) is 23.2. The van der Waals surface area contributed by atoms with E-state index in [1.54, 1.807) is 20.8 Å². The highest BCUT2D eigenvalue weighted by molar-refractivity contribution is 7.90. The van der Waals surface area contributed by atoms with Gasteiger partial charge in [0.25, 0.3) is 5.69 Å². The zero-order valence-corrected chi connectivity index (χ0v) is 17.2. The van der Waals surface area contributed by atoms with E-state index in [0.29, 0.717) is 0 Å². The second kappa shape index (κ2) is 10.5. The van der Waals surface area contributed by atoms with Gasteiger partial charge < -0.3 is 13.8 Å². The molecule has 0 fully saturated rings. The van der Waals surface area contributed by atoms with Crippen LogP contribution >= 0.6 is 8.53 Å². The summed E-state index contributed by atoms with van der Waals surface area (Å²) >= 11 is 0. The molecule has 152 valence electrons.